The molecule has 0 saturated heterocycles. The van der Waals surface area contributed by atoms with Gasteiger partial charge in [-0.3, -0.25) is 0 Å². The van der Waals surface area contributed by atoms with Gasteiger partial charge >= 0.3 is 0 Å². The zero-order chi connectivity index (χ0) is 10.6. The average Bonchev–Trinajstić information content (AvgIpc) is 2.59. The van der Waals surface area contributed by atoms with Crippen molar-refractivity contribution in [3.05, 3.63) is 20.3 Å². The van der Waals surface area contributed by atoms with Gasteiger partial charge in [0.25, 0.3) is 0 Å². The fraction of sp³-hybridized carbons (Fsp3) is 0.667. The molecule has 3 rings (SSSR count). The minimum Gasteiger partial charge on any atom is -0.131 e. The van der Waals surface area contributed by atoms with Crippen molar-refractivity contribution in [1.82, 2.24) is 0 Å². The van der Waals surface area contributed by atoms with E-state index in [9.17, 15) is 0 Å². The topological polar surface area (TPSA) is 0 Å². The van der Waals surface area contributed by atoms with Crippen LogP contribution in [0.2, 0.25) is 0 Å². The molecule has 0 spiro atoms. The van der Waals surface area contributed by atoms with Gasteiger partial charge in [-0.15, -0.1) is 22.9 Å². The average molecular weight is 306 g/mol. The van der Waals surface area contributed by atoms with Crippen molar-refractivity contribution >= 4 is 38.9 Å². The van der Waals surface area contributed by atoms with E-state index in [1.54, 1.807) is 0 Å². The SMILES string of the molecule is Cc1cc(C(Cl)C2C3CCCC32)sc1Br. The molecule has 0 radical (unpaired) electrons. The van der Waals surface area contributed by atoms with Gasteiger partial charge in [-0.2, -0.15) is 0 Å². The Bertz CT molecular complexity index is 357. The van der Waals surface area contributed by atoms with Gasteiger partial charge in [0.05, 0.1) is 9.16 Å². The maximum Gasteiger partial charge on any atom is 0.0731 e. The van der Waals surface area contributed by atoms with Crippen LogP contribution in [0.5, 0.6) is 0 Å². The largest absolute Gasteiger partial charge is 0.131 e. The summed E-state index contributed by atoms with van der Waals surface area (Å²) in [6, 6.07) is 2.25. The molecule has 3 atom stereocenters. The highest BCUT2D eigenvalue weighted by molar-refractivity contribution is 9.11. The van der Waals surface area contributed by atoms with E-state index >= 15 is 0 Å². The first-order valence-corrected chi connectivity index (χ1v) is 7.63. The number of fused-ring (bicyclic) bond motifs is 1. The van der Waals surface area contributed by atoms with Gasteiger partial charge in [-0.05, 0) is 65.1 Å². The van der Waals surface area contributed by atoms with Gasteiger partial charge in [0, 0.05) is 4.88 Å². The summed E-state index contributed by atoms with van der Waals surface area (Å²) < 4.78 is 1.24. The normalized spacial score (nSPS) is 35.3. The highest BCUT2D eigenvalue weighted by Crippen LogP contribution is 2.64. The van der Waals surface area contributed by atoms with Crippen molar-refractivity contribution in [3.63, 3.8) is 0 Å². The Morgan fingerprint density at radius 2 is 2.13 bits per heavy atom. The Kier molecular flexibility index (Phi) is 2.65. The molecule has 0 nitrogen and oxygen atoms in total. The lowest BCUT2D eigenvalue weighted by Crippen LogP contribution is -1.96. The smallest absolute Gasteiger partial charge is 0.0731 e. The zero-order valence-corrected chi connectivity index (χ0v) is 11.8. The van der Waals surface area contributed by atoms with E-state index in [1.807, 2.05) is 11.3 Å². The van der Waals surface area contributed by atoms with Crippen molar-refractivity contribution in [1.29, 1.82) is 0 Å². The fourth-order valence-electron chi connectivity index (χ4n) is 3.12. The molecule has 2 aliphatic carbocycles. The zero-order valence-electron chi connectivity index (χ0n) is 8.67. The molecule has 0 aliphatic heterocycles. The number of aryl methyl sites for hydroxylation is 1. The highest BCUT2D eigenvalue weighted by atomic mass is 79.9. The Labute approximate surface area is 108 Å². The number of hydrogen-bond acceptors (Lipinski definition) is 1. The Hall–Kier alpha value is 0.470. The molecule has 82 valence electrons. The number of hydrogen-bond donors (Lipinski definition) is 0. The van der Waals surface area contributed by atoms with E-state index in [4.69, 9.17) is 11.6 Å². The van der Waals surface area contributed by atoms with Crippen molar-refractivity contribution in [2.75, 3.05) is 0 Å². The first-order valence-electron chi connectivity index (χ1n) is 5.58. The first-order chi connectivity index (χ1) is 7.18. The minimum absolute atomic E-state index is 0.273. The van der Waals surface area contributed by atoms with Crippen molar-refractivity contribution in [2.45, 2.75) is 31.6 Å². The summed E-state index contributed by atoms with van der Waals surface area (Å²) in [5.74, 6) is 2.69. The Balaban J connectivity index is 1.77. The molecule has 0 aromatic carbocycles. The fourth-order valence-corrected chi connectivity index (χ4v) is 5.30. The third-order valence-corrected chi connectivity index (χ3v) is 6.83. The van der Waals surface area contributed by atoms with Crippen LogP contribution in [-0.2, 0) is 0 Å². The molecule has 2 fully saturated rings. The third kappa shape index (κ3) is 1.69. The van der Waals surface area contributed by atoms with E-state index in [2.05, 4.69) is 28.9 Å². The predicted molar refractivity (Wildman–Crippen MR) is 69.7 cm³/mol. The molecule has 0 amide bonds. The standard InChI is InChI=1S/C12H14BrClS/c1-6-5-9(15-12(6)13)11(14)10-7-3-2-4-8(7)10/h5,7-8,10-11H,2-4H2,1H3. The Morgan fingerprint density at radius 1 is 1.47 bits per heavy atom. The Morgan fingerprint density at radius 3 is 2.67 bits per heavy atom. The van der Waals surface area contributed by atoms with E-state index in [0.29, 0.717) is 0 Å². The van der Waals surface area contributed by atoms with Gasteiger partial charge in [0.15, 0.2) is 0 Å². The maximum absolute atomic E-state index is 6.58. The summed E-state index contributed by atoms with van der Waals surface area (Å²) in [5, 5.41) is 0.273. The predicted octanol–water partition coefficient (Wildman–Crippen LogP) is 5.15. The third-order valence-electron chi connectivity index (χ3n) is 3.96. The summed E-state index contributed by atoms with van der Waals surface area (Å²) in [5.41, 5.74) is 1.33. The van der Waals surface area contributed by atoms with Gasteiger partial charge in [0.2, 0.25) is 0 Å². The summed E-state index contributed by atoms with van der Waals surface area (Å²) in [6.07, 6.45) is 4.27. The second-order valence-corrected chi connectivity index (χ2v) is 7.72. The van der Waals surface area contributed by atoms with E-state index in [0.717, 1.165) is 17.8 Å². The molecule has 3 heteroatoms. The highest BCUT2D eigenvalue weighted by Gasteiger charge is 2.55. The molecule has 0 N–H and O–H groups in total. The second kappa shape index (κ2) is 3.75. The van der Waals surface area contributed by atoms with E-state index < -0.39 is 0 Å². The minimum atomic E-state index is 0.273. The number of halogens is 2. The first kappa shape index (κ1) is 10.6. The van der Waals surface area contributed by atoms with Crippen molar-refractivity contribution in [3.8, 4) is 0 Å². The summed E-state index contributed by atoms with van der Waals surface area (Å²) in [4.78, 5) is 1.36. The van der Waals surface area contributed by atoms with Crippen LogP contribution in [0.25, 0.3) is 0 Å². The molecule has 1 aromatic heterocycles. The molecular weight excluding hydrogens is 292 g/mol. The molecule has 1 aromatic rings. The maximum atomic E-state index is 6.58. The van der Waals surface area contributed by atoms with E-state index in [1.165, 1.54) is 33.5 Å². The summed E-state index contributed by atoms with van der Waals surface area (Å²) >= 11 is 12.0. The molecule has 0 bridgehead atoms. The van der Waals surface area contributed by atoms with Crippen LogP contribution in [0, 0.1) is 24.7 Å². The second-order valence-electron chi connectivity index (χ2n) is 4.84. The van der Waals surface area contributed by atoms with Crippen LogP contribution in [0.4, 0.5) is 0 Å². The van der Waals surface area contributed by atoms with Gasteiger partial charge in [-0.1, -0.05) is 6.42 Å². The van der Waals surface area contributed by atoms with E-state index in [-0.39, 0.29) is 5.38 Å². The molecular formula is C12H14BrClS. The lowest BCUT2D eigenvalue weighted by atomic mass is 10.1. The lowest BCUT2D eigenvalue weighted by Gasteiger charge is -2.08. The van der Waals surface area contributed by atoms with Crippen LogP contribution >= 0.6 is 38.9 Å². The number of thiophene rings is 1. The molecule has 1 heterocycles. The monoisotopic (exact) mass is 304 g/mol. The van der Waals surface area contributed by atoms with Gasteiger partial charge in [-0.25, -0.2) is 0 Å². The molecule has 2 saturated carbocycles. The molecule has 15 heavy (non-hydrogen) atoms. The van der Waals surface area contributed by atoms with Crippen molar-refractivity contribution in [2.24, 2.45) is 17.8 Å². The van der Waals surface area contributed by atoms with Crippen LogP contribution in [0.15, 0.2) is 9.85 Å². The quantitative estimate of drug-likeness (QED) is 0.663. The van der Waals surface area contributed by atoms with Crippen molar-refractivity contribution < 1.29 is 0 Å². The van der Waals surface area contributed by atoms with Crippen LogP contribution in [0.3, 0.4) is 0 Å². The lowest BCUT2D eigenvalue weighted by molar-refractivity contribution is 0.577. The van der Waals surface area contributed by atoms with Crippen LogP contribution < -0.4 is 0 Å². The summed E-state index contributed by atoms with van der Waals surface area (Å²) in [7, 11) is 0. The van der Waals surface area contributed by atoms with Crippen LogP contribution in [-0.4, -0.2) is 0 Å². The molecule has 3 unspecified atom stereocenters. The van der Waals surface area contributed by atoms with Gasteiger partial charge in [0.1, 0.15) is 0 Å². The molecule has 2 aliphatic rings. The van der Waals surface area contributed by atoms with Crippen LogP contribution in [0.1, 0.15) is 35.1 Å². The number of rotatable bonds is 2. The summed E-state index contributed by atoms with van der Waals surface area (Å²) in [6.45, 7) is 2.14. The van der Waals surface area contributed by atoms with Gasteiger partial charge < -0.3 is 0 Å². The number of alkyl halides is 1.